The lowest BCUT2D eigenvalue weighted by molar-refractivity contribution is 0.147. The second-order valence-electron chi connectivity index (χ2n) is 2.31. The Hall–Kier alpha value is -0.560. The maximum absolute atomic E-state index is 5.11. The van der Waals surface area contributed by atoms with Crippen molar-refractivity contribution < 1.29 is 4.74 Å². The molecule has 0 radical (unpaired) electrons. The molecule has 0 rings (SSSR count). The molecule has 0 amide bonds. The van der Waals surface area contributed by atoms with Crippen molar-refractivity contribution in [2.75, 3.05) is 7.11 Å². The predicted molar refractivity (Wildman–Crippen MR) is 45.0 cm³/mol. The summed E-state index contributed by atoms with van der Waals surface area (Å²) in [6.45, 7) is 6.10. The largest absolute Gasteiger partial charge is 0.377 e. The maximum atomic E-state index is 5.11. The van der Waals surface area contributed by atoms with Gasteiger partial charge >= 0.3 is 0 Å². The van der Waals surface area contributed by atoms with Crippen LogP contribution >= 0.6 is 0 Å². The average molecular weight is 140 g/mol. The van der Waals surface area contributed by atoms with Crippen LogP contribution in [0.4, 0.5) is 0 Å². The fraction of sp³-hybridized carbons (Fsp3) is 0.556. The van der Waals surface area contributed by atoms with E-state index in [-0.39, 0.29) is 6.10 Å². The van der Waals surface area contributed by atoms with Crippen molar-refractivity contribution in [1.82, 2.24) is 0 Å². The second kappa shape index (κ2) is 5.24. The smallest absolute Gasteiger partial charge is 0.0753 e. The van der Waals surface area contributed by atoms with Gasteiger partial charge < -0.3 is 4.74 Å². The van der Waals surface area contributed by atoms with Crippen LogP contribution in [0.5, 0.6) is 0 Å². The van der Waals surface area contributed by atoms with Crippen molar-refractivity contribution >= 4 is 0 Å². The SMILES string of the molecule is C/C=C\C=C(/C)C(C)OC. The second-order valence-corrected chi connectivity index (χ2v) is 2.31. The van der Waals surface area contributed by atoms with Crippen molar-refractivity contribution in [2.24, 2.45) is 0 Å². The van der Waals surface area contributed by atoms with Crippen molar-refractivity contribution in [3.63, 3.8) is 0 Å². The molecule has 0 heterocycles. The first-order valence-electron chi connectivity index (χ1n) is 3.54. The maximum Gasteiger partial charge on any atom is 0.0753 e. The van der Waals surface area contributed by atoms with E-state index in [1.807, 2.05) is 26.0 Å². The Kier molecular flexibility index (Phi) is 4.95. The minimum absolute atomic E-state index is 0.233. The minimum atomic E-state index is 0.233. The third-order valence-corrected chi connectivity index (χ3v) is 1.55. The lowest BCUT2D eigenvalue weighted by atomic mass is 10.2. The van der Waals surface area contributed by atoms with Gasteiger partial charge in [0.25, 0.3) is 0 Å². The van der Waals surface area contributed by atoms with Gasteiger partial charge in [0.15, 0.2) is 0 Å². The standard InChI is InChI=1S/C9H16O/c1-5-6-7-8(2)9(3)10-4/h5-7,9H,1-4H3/b6-5-,8-7+. The molecule has 1 atom stereocenters. The number of allylic oxidation sites excluding steroid dienone is 3. The lowest BCUT2D eigenvalue weighted by Gasteiger charge is -2.07. The molecule has 0 aromatic carbocycles. The Labute approximate surface area is 63.4 Å². The average Bonchev–Trinajstić information content (AvgIpc) is 1.98. The van der Waals surface area contributed by atoms with Gasteiger partial charge in [-0.05, 0) is 26.3 Å². The normalized spacial score (nSPS) is 16.2. The fourth-order valence-electron chi connectivity index (χ4n) is 0.569. The number of hydrogen-bond acceptors (Lipinski definition) is 1. The fourth-order valence-corrected chi connectivity index (χ4v) is 0.569. The van der Waals surface area contributed by atoms with Crippen molar-refractivity contribution in [2.45, 2.75) is 26.9 Å². The Morgan fingerprint density at radius 3 is 2.50 bits per heavy atom. The molecule has 1 heteroatoms. The highest BCUT2D eigenvalue weighted by atomic mass is 16.5. The van der Waals surface area contributed by atoms with Gasteiger partial charge in [-0.25, -0.2) is 0 Å². The van der Waals surface area contributed by atoms with Crippen LogP contribution in [-0.2, 0) is 4.74 Å². The molecule has 0 saturated carbocycles. The van der Waals surface area contributed by atoms with Crippen molar-refractivity contribution in [3.05, 3.63) is 23.8 Å². The van der Waals surface area contributed by atoms with Crippen molar-refractivity contribution in [3.8, 4) is 0 Å². The summed E-state index contributed by atoms with van der Waals surface area (Å²) in [5.74, 6) is 0. The van der Waals surface area contributed by atoms with Crippen LogP contribution in [-0.4, -0.2) is 13.2 Å². The topological polar surface area (TPSA) is 9.23 Å². The summed E-state index contributed by atoms with van der Waals surface area (Å²) < 4.78 is 5.11. The molecule has 1 nitrogen and oxygen atoms in total. The van der Waals surface area contributed by atoms with E-state index in [4.69, 9.17) is 4.74 Å². The van der Waals surface area contributed by atoms with Gasteiger partial charge in [0, 0.05) is 7.11 Å². The zero-order valence-corrected chi connectivity index (χ0v) is 7.22. The van der Waals surface area contributed by atoms with Gasteiger partial charge in [-0.3, -0.25) is 0 Å². The highest BCUT2D eigenvalue weighted by molar-refractivity contribution is 5.12. The Balaban J connectivity index is 3.91. The molecule has 0 bridgehead atoms. The molecule has 10 heavy (non-hydrogen) atoms. The molecule has 0 N–H and O–H groups in total. The summed E-state index contributed by atoms with van der Waals surface area (Å²) in [6, 6.07) is 0. The summed E-state index contributed by atoms with van der Waals surface area (Å²) >= 11 is 0. The van der Waals surface area contributed by atoms with E-state index in [0.717, 1.165) is 0 Å². The third-order valence-electron chi connectivity index (χ3n) is 1.55. The summed E-state index contributed by atoms with van der Waals surface area (Å²) in [6.07, 6.45) is 6.32. The van der Waals surface area contributed by atoms with Gasteiger partial charge in [-0.15, -0.1) is 0 Å². The number of hydrogen-bond donors (Lipinski definition) is 0. The molecule has 0 aliphatic rings. The molecule has 0 aromatic rings. The number of methoxy groups -OCH3 is 1. The van der Waals surface area contributed by atoms with Crippen LogP contribution in [0.15, 0.2) is 23.8 Å². The van der Waals surface area contributed by atoms with E-state index in [1.165, 1.54) is 5.57 Å². The molecule has 0 saturated heterocycles. The molecule has 0 aliphatic heterocycles. The molecule has 0 aromatic heterocycles. The number of rotatable bonds is 3. The lowest BCUT2D eigenvalue weighted by Crippen LogP contribution is -2.05. The van der Waals surface area contributed by atoms with Crippen LogP contribution in [0.2, 0.25) is 0 Å². The first kappa shape index (κ1) is 9.44. The Morgan fingerprint density at radius 1 is 1.50 bits per heavy atom. The molecule has 1 unspecified atom stereocenters. The van der Waals surface area contributed by atoms with Gasteiger partial charge in [0.1, 0.15) is 0 Å². The Bertz CT molecular complexity index is 134. The van der Waals surface area contributed by atoms with Gasteiger partial charge in [-0.2, -0.15) is 0 Å². The molecule has 0 fully saturated rings. The van der Waals surface area contributed by atoms with E-state index < -0.39 is 0 Å². The van der Waals surface area contributed by atoms with Crippen LogP contribution in [0.3, 0.4) is 0 Å². The van der Waals surface area contributed by atoms with Gasteiger partial charge in [0.2, 0.25) is 0 Å². The van der Waals surface area contributed by atoms with Crippen LogP contribution in [0.25, 0.3) is 0 Å². The van der Waals surface area contributed by atoms with E-state index in [1.54, 1.807) is 7.11 Å². The van der Waals surface area contributed by atoms with Crippen LogP contribution in [0.1, 0.15) is 20.8 Å². The zero-order valence-electron chi connectivity index (χ0n) is 7.22. The summed E-state index contributed by atoms with van der Waals surface area (Å²) in [7, 11) is 1.72. The van der Waals surface area contributed by atoms with E-state index in [2.05, 4.69) is 13.0 Å². The third kappa shape index (κ3) is 3.46. The van der Waals surface area contributed by atoms with Gasteiger partial charge in [-0.1, -0.05) is 18.2 Å². The predicted octanol–water partition coefficient (Wildman–Crippen LogP) is 2.54. The van der Waals surface area contributed by atoms with Crippen LogP contribution < -0.4 is 0 Å². The van der Waals surface area contributed by atoms with Crippen LogP contribution in [0, 0.1) is 0 Å². The van der Waals surface area contributed by atoms with E-state index >= 15 is 0 Å². The highest BCUT2D eigenvalue weighted by Gasteiger charge is 1.98. The monoisotopic (exact) mass is 140 g/mol. The molecule has 0 spiro atoms. The van der Waals surface area contributed by atoms with E-state index in [0.29, 0.717) is 0 Å². The van der Waals surface area contributed by atoms with Gasteiger partial charge in [0.05, 0.1) is 6.10 Å². The first-order valence-corrected chi connectivity index (χ1v) is 3.54. The number of ether oxygens (including phenoxy) is 1. The molecule has 0 aliphatic carbocycles. The summed E-state index contributed by atoms with van der Waals surface area (Å²) in [5, 5.41) is 0. The molecular formula is C9H16O. The highest BCUT2D eigenvalue weighted by Crippen LogP contribution is 2.03. The van der Waals surface area contributed by atoms with E-state index in [9.17, 15) is 0 Å². The summed E-state index contributed by atoms with van der Waals surface area (Å²) in [5.41, 5.74) is 1.25. The minimum Gasteiger partial charge on any atom is -0.377 e. The van der Waals surface area contributed by atoms with Crippen molar-refractivity contribution in [1.29, 1.82) is 0 Å². The molecule has 58 valence electrons. The first-order chi connectivity index (χ1) is 4.72. The molecular weight excluding hydrogens is 124 g/mol. The zero-order chi connectivity index (χ0) is 7.98. The quantitative estimate of drug-likeness (QED) is 0.547. The Morgan fingerprint density at radius 2 is 2.10 bits per heavy atom. The summed E-state index contributed by atoms with van der Waals surface area (Å²) in [4.78, 5) is 0.